The average molecular weight is 254 g/mol. The van der Waals surface area contributed by atoms with Crippen LogP contribution < -0.4 is 10.6 Å². The van der Waals surface area contributed by atoms with Crippen LogP contribution in [0.1, 0.15) is 28.3 Å². The molecular formula is C17H22N2. The second-order valence-corrected chi connectivity index (χ2v) is 5.31. The van der Waals surface area contributed by atoms with E-state index >= 15 is 0 Å². The molecule has 19 heavy (non-hydrogen) atoms. The third kappa shape index (κ3) is 2.96. The van der Waals surface area contributed by atoms with Crippen molar-refractivity contribution in [3.63, 3.8) is 0 Å². The highest BCUT2D eigenvalue weighted by atomic mass is 15.1. The van der Waals surface area contributed by atoms with E-state index in [2.05, 4.69) is 61.2 Å². The standard InChI is InChI=1S/C17H22N2/c1-12-8-9-15(10-13(12)2)17(18)14-6-5-7-16(11-14)19(3)4/h5-11,17H,18H2,1-4H3. The van der Waals surface area contributed by atoms with Crippen LogP contribution in [0.3, 0.4) is 0 Å². The molecule has 0 amide bonds. The van der Waals surface area contributed by atoms with E-state index in [9.17, 15) is 0 Å². The smallest absolute Gasteiger partial charge is 0.0552 e. The van der Waals surface area contributed by atoms with Gasteiger partial charge in [0.05, 0.1) is 6.04 Å². The van der Waals surface area contributed by atoms with E-state index in [0.717, 1.165) is 5.56 Å². The summed E-state index contributed by atoms with van der Waals surface area (Å²) in [6.07, 6.45) is 0. The van der Waals surface area contributed by atoms with Crippen molar-refractivity contribution in [1.29, 1.82) is 0 Å². The van der Waals surface area contributed by atoms with Crippen molar-refractivity contribution in [2.24, 2.45) is 5.73 Å². The van der Waals surface area contributed by atoms with Gasteiger partial charge in [-0.15, -0.1) is 0 Å². The molecule has 2 N–H and O–H groups in total. The number of anilines is 1. The van der Waals surface area contributed by atoms with Gasteiger partial charge < -0.3 is 10.6 Å². The molecule has 2 heteroatoms. The van der Waals surface area contributed by atoms with Gasteiger partial charge in [-0.3, -0.25) is 0 Å². The van der Waals surface area contributed by atoms with Crippen LogP contribution in [0.5, 0.6) is 0 Å². The van der Waals surface area contributed by atoms with Crippen molar-refractivity contribution in [1.82, 2.24) is 0 Å². The van der Waals surface area contributed by atoms with E-state index in [1.807, 2.05) is 14.1 Å². The molecule has 0 aromatic heterocycles. The third-order valence-corrected chi connectivity index (χ3v) is 3.64. The molecule has 0 saturated heterocycles. The number of benzene rings is 2. The zero-order valence-electron chi connectivity index (χ0n) is 12.1. The average Bonchev–Trinajstić information content (AvgIpc) is 2.41. The highest BCUT2D eigenvalue weighted by Crippen LogP contribution is 2.24. The van der Waals surface area contributed by atoms with Crippen LogP contribution in [0, 0.1) is 13.8 Å². The van der Waals surface area contributed by atoms with Gasteiger partial charge in [-0.25, -0.2) is 0 Å². The van der Waals surface area contributed by atoms with E-state index in [0.29, 0.717) is 0 Å². The quantitative estimate of drug-likeness (QED) is 0.909. The van der Waals surface area contributed by atoms with Crippen LogP contribution >= 0.6 is 0 Å². The Morgan fingerprint density at radius 1 is 0.895 bits per heavy atom. The fourth-order valence-corrected chi connectivity index (χ4v) is 2.15. The number of nitrogens with zero attached hydrogens (tertiary/aromatic N) is 1. The van der Waals surface area contributed by atoms with Gasteiger partial charge in [-0.1, -0.05) is 30.3 Å². The Labute approximate surface area is 115 Å². The lowest BCUT2D eigenvalue weighted by molar-refractivity contribution is 0.867. The fourth-order valence-electron chi connectivity index (χ4n) is 2.15. The predicted octanol–water partition coefficient (Wildman–Crippen LogP) is 3.42. The van der Waals surface area contributed by atoms with Gasteiger partial charge in [0.2, 0.25) is 0 Å². The largest absolute Gasteiger partial charge is 0.378 e. The van der Waals surface area contributed by atoms with Crippen molar-refractivity contribution in [2.75, 3.05) is 19.0 Å². The van der Waals surface area contributed by atoms with Crippen LogP contribution in [0.4, 0.5) is 5.69 Å². The van der Waals surface area contributed by atoms with Crippen molar-refractivity contribution >= 4 is 5.69 Å². The lowest BCUT2D eigenvalue weighted by atomic mass is 9.96. The number of hydrogen-bond donors (Lipinski definition) is 1. The minimum atomic E-state index is -0.0702. The number of aryl methyl sites for hydroxylation is 2. The Balaban J connectivity index is 2.35. The first-order chi connectivity index (χ1) is 8.99. The molecule has 2 aromatic rings. The Morgan fingerprint density at radius 2 is 1.58 bits per heavy atom. The first-order valence-electron chi connectivity index (χ1n) is 6.59. The summed E-state index contributed by atoms with van der Waals surface area (Å²) in [5.74, 6) is 0. The molecule has 0 bridgehead atoms. The fraction of sp³-hybridized carbons (Fsp3) is 0.294. The summed E-state index contributed by atoms with van der Waals surface area (Å²) in [4.78, 5) is 2.09. The highest BCUT2D eigenvalue weighted by Gasteiger charge is 2.10. The molecule has 0 aliphatic heterocycles. The maximum Gasteiger partial charge on any atom is 0.0552 e. The molecule has 0 aliphatic rings. The minimum absolute atomic E-state index is 0.0702. The van der Waals surface area contributed by atoms with Gasteiger partial charge in [-0.2, -0.15) is 0 Å². The predicted molar refractivity (Wildman–Crippen MR) is 82.7 cm³/mol. The van der Waals surface area contributed by atoms with Crippen LogP contribution in [0.25, 0.3) is 0 Å². The van der Waals surface area contributed by atoms with Gasteiger partial charge in [-0.05, 0) is 48.2 Å². The lowest BCUT2D eigenvalue weighted by Gasteiger charge is -2.18. The van der Waals surface area contributed by atoms with E-state index in [-0.39, 0.29) is 6.04 Å². The first-order valence-corrected chi connectivity index (χ1v) is 6.59. The number of rotatable bonds is 3. The molecule has 100 valence electrons. The molecule has 0 spiro atoms. The molecule has 0 radical (unpaired) electrons. The van der Waals surface area contributed by atoms with Gasteiger partial charge in [0, 0.05) is 19.8 Å². The maximum absolute atomic E-state index is 6.39. The Hall–Kier alpha value is -1.80. The van der Waals surface area contributed by atoms with Gasteiger partial charge in [0.25, 0.3) is 0 Å². The molecule has 0 aliphatic carbocycles. The maximum atomic E-state index is 6.39. The van der Waals surface area contributed by atoms with E-state index in [1.54, 1.807) is 0 Å². The summed E-state index contributed by atoms with van der Waals surface area (Å²) in [6, 6.07) is 14.8. The van der Waals surface area contributed by atoms with Crippen LogP contribution in [0.2, 0.25) is 0 Å². The normalized spacial score (nSPS) is 12.3. The molecule has 2 aromatic carbocycles. The Bertz CT molecular complexity index is 573. The summed E-state index contributed by atoms with van der Waals surface area (Å²) >= 11 is 0. The molecular weight excluding hydrogens is 232 g/mol. The van der Waals surface area contributed by atoms with Crippen LogP contribution in [0.15, 0.2) is 42.5 Å². The van der Waals surface area contributed by atoms with Crippen LogP contribution in [-0.4, -0.2) is 14.1 Å². The van der Waals surface area contributed by atoms with Gasteiger partial charge >= 0.3 is 0 Å². The number of hydrogen-bond acceptors (Lipinski definition) is 2. The molecule has 2 nitrogen and oxygen atoms in total. The zero-order chi connectivity index (χ0) is 14.0. The van der Waals surface area contributed by atoms with Crippen molar-refractivity contribution in [2.45, 2.75) is 19.9 Å². The summed E-state index contributed by atoms with van der Waals surface area (Å²) in [5, 5.41) is 0. The van der Waals surface area contributed by atoms with E-state index < -0.39 is 0 Å². The minimum Gasteiger partial charge on any atom is -0.378 e. The zero-order valence-corrected chi connectivity index (χ0v) is 12.1. The topological polar surface area (TPSA) is 29.3 Å². The lowest BCUT2D eigenvalue weighted by Crippen LogP contribution is -2.14. The Kier molecular flexibility index (Phi) is 3.91. The molecule has 1 unspecified atom stereocenters. The highest BCUT2D eigenvalue weighted by molar-refractivity contribution is 5.49. The van der Waals surface area contributed by atoms with E-state index in [1.165, 1.54) is 22.4 Å². The Morgan fingerprint density at radius 3 is 2.21 bits per heavy atom. The molecule has 0 heterocycles. The summed E-state index contributed by atoms with van der Waals surface area (Å²) in [7, 11) is 4.08. The summed E-state index contributed by atoms with van der Waals surface area (Å²) in [5.41, 5.74) is 12.5. The van der Waals surface area contributed by atoms with Crippen molar-refractivity contribution in [3.8, 4) is 0 Å². The van der Waals surface area contributed by atoms with Gasteiger partial charge in [0.15, 0.2) is 0 Å². The molecule has 0 fully saturated rings. The molecule has 0 saturated carbocycles. The molecule has 2 rings (SSSR count). The number of nitrogens with two attached hydrogens (primary N) is 1. The van der Waals surface area contributed by atoms with Gasteiger partial charge in [0.1, 0.15) is 0 Å². The van der Waals surface area contributed by atoms with Crippen molar-refractivity contribution < 1.29 is 0 Å². The monoisotopic (exact) mass is 254 g/mol. The summed E-state index contributed by atoms with van der Waals surface area (Å²) < 4.78 is 0. The summed E-state index contributed by atoms with van der Waals surface area (Å²) in [6.45, 7) is 4.25. The molecule has 1 atom stereocenters. The van der Waals surface area contributed by atoms with Crippen LogP contribution in [-0.2, 0) is 0 Å². The second kappa shape index (κ2) is 5.45. The second-order valence-electron chi connectivity index (χ2n) is 5.31. The SMILES string of the molecule is Cc1ccc(C(N)c2cccc(N(C)C)c2)cc1C. The third-order valence-electron chi connectivity index (χ3n) is 3.64. The van der Waals surface area contributed by atoms with Crippen molar-refractivity contribution in [3.05, 3.63) is 64.7 Å². The first kappa shape index (κ1) is 13.6. The van der Waals surface area contributed by atoms with E-state index in [4.69, 9.17) is 5.73 Å².